The van der Waals surface area contributed by atoms with Gasteiger partial charge in [0.05, 0.1) is 10.9 Å². The van der Waals surface area contributed by atoms with Crippen LogP contribution in [0.3, 0.4) is 0 Å². The molecule has 3 heterocycles. The molecule has 0 spiro atoms. The number of hydrogen-bond donors (Lipinski definition) is 1. The van der Waals surface area contributed by atoms with Gasteiger partial charge in [0.15, 0.2) is 0 Å². The fourth-order valence-electron chi connectivity index (χ4n) is 3.85. The number of halogens is 1. The van der Waals surface area contributed by atoms with Gasteiger partial charge in [0, 0.05) is 29.2 Å². The normalized spacial score (nSPS) is 17.1. The van der Waals surface area contributed by atoms with Gasteiger partial charge in [0.25, 0.3) is 5.91 Å². The van der Waals surface area contributed by atoms with Crippen molar-refractivity contribution in [3.63, 3.8) is 0 Å². The summed E-state index contributed by atoms with van der Waals surface area (Å²) in [6.07, 6.45) is 3.89. The fourth-order valence-corrected chi connectivity index (χ4v) is 4.83. The molecule has 1 fully saturated rings. The van der Waals surface area contributed by atoms with Crippen LogP contribution in [0.4, 0.5) is 15.9 Å². The lowest BCUT2D eigenvalue weighted by Crippen LogP contribution is -2.35. The number of aromatic nitrogens is 2. The number of carbonyl (C=O) groups is 1. The molecule has 146 valence electrons. The summed E-state index contributed by atoms with van der Waals surface area (Å²) in [7, 11) is 0. The fraction of sp³-hybridized carbons (Fsp3) is 0.381. The van der Waals surface area contributed by atoms with Gasteiger partial charge in [0.1, 0.15) is 22.8 Å². The van der Waals surface area contributed by atoms with Crippen LogP contribution in [0.2, 0.25) is 0 Å². The Bertz CT molecular complexity index is 1050. The molecule has 1 aliphatic heterocycles. The van der Waals surface area contributed by atoms with E-state index >= 15 is 0 Å². The van der Waals surface area contributed by atoms with E-state index in [0.717, 1.165) is 40.4 Å². The van der Waals surface area contributed by atoms with E-state index in [1.165, 1.54) is 23.8 Å². The van der Waals surface area contributed by atoms with E-state index in [9.17, 15) is 9.18 Å². The number of benzene rings is 1. The molecule has 0 saturated carbocycles. The van der Waals surface area contributed by atoms with Gasteiger partial charge in [-0.1, -0.05) is 13.0 Å². The van der Waals surface area contributed by atoms with E-state index in [4.69, 9.17) is 0 Å². The lowest BCUT2D eigenvalue weighted by Gasteiger charge is -2.32. The SMILES string of the molecule is Cc1sc2ncnc(N3CCCC(C)C3)c2c1C(=O)Nc1cccc(F)c1C. The number of carbonyl (C=O) groups excluding carboxylic acids is 1. The van der Waals surface area contributed by atoms with Gasteiger partial charge in [0.2, 0.25) is 0 Å². The molecule has 0 aliphatic carbocycles. The summed E-state index contributed by atoms with van der Waals surface area (Å²) in [4.78, 5) is 26.1. The van der Waals surface area contributed by atoms with Crippen molar-refractivity contribution < 1.29 is 9.18 Å². The van der Waals surface area contributed by atoms with Crippen molar-refractivity contribution in [1.29, 1.82) is 0 Å². The minimum absolute atomic E-state index is 0.251. The highest BCUT2D eigenvalue weighted by Gasteiger charge is 2.26. The predicted molar refractivity (Wildman–Crippen MR) is 112 cm³/mol. The van der Waals surface area contributed by atoms with Gasteiger partial charge in [-0.05, 0) is 44.7 Å². The quantitative estimate of drug-likeness (QED) is 0.679. The van der Waals surface area contributed by atoms with Crippen molar-refractivity contribution >= 4 is 39.0 Å². The maximum Gasteiger partial charge on any atom is 0.257 e. The van der Waals surface area contributed by atoms with Gasteiger partial charge in [-0.25, -0.2) is 14.4 Å². The number of aryl methyl sites for hydroxylation is 1. The Morgan fingerprint density at radius 1 is 1.32 bits per heavy atom. The van der Waals surface area contributed by atoms with Gasteiger partial charge >= 0.3 is 0 Å². The number of nitrogens with one attached hydrogen (secondary N) is 1. The number of piperidine rings is 1. The second kappa shape index (κ2) is 7.47. The molecule has 1 aromatic carbocycles. The molecule has 0 bridgehead atoms. The molecule has 5 nitrogen and oxygen atoms in total. The molecule has 1 aliphatic rings. The first-order valence-corrected chi connectivity index (χ1v) is 10.3. The van der Waals surface area contributed by atoms with E-state index < -0.39 is 0 Å². The summed E-state index contributed by atoms with van der Waals surface area (Å²) in [6.45, 7) is 7.67. The Morgan fingerprint density at radius 3 is 2.93 bits per heavy atom. The van der Waals surface area contributed by atoms with Crippen molar-refractivity contribution in [3.8, 4) is 0 Å². The minimum atomic E-state index is -0.337. The van der Waals surface area contributed by atoms with E-state index in [-0.39, 0.29) is 11.7 Å². The molecule has 7 heteroatoms. The maximum atomic E-state index is 13.9. The summed E-state index contributed by atoms with van der Waals surface area (Å²) >= 11 is 1.49. The smallest absolute Gasteiger partial charge is 0.257 e. The molecule has 4 rings (SSSR count). The maximum absolute atomic E-state index is 13.9. The number of fused-ring (bicyclic) bond motifs is 1. The third kappa shape index (κ3) is 3.35. The topological polar surface area (TPSA) is 58.1 Å². The van der Waals surface area contributed by atoms with Crippen LogP contribution in [0.1, 0.15) is 40.6 Å². The van der Waals surface area contributed by atoms with Crippen LogP contribution < -0.4 is 10.2 Å². The van der Waals surface area contributed by atoms with Crippen molar-refractivity contribution in [2.45, 2.75) is 33.6 Å². The summed E-state index contributed by atoms with van der Waals surface area (Å²) in [5.74, 6) is 0.822. The molecule has 0 radical (unpaired) electrons. The average molecular weight is 399 g/mol. The van der Waals surface area contributed by atoms with Gasteiger partial charge < -0.3 is 10.2 Å². The van der Waals surface area contributed by atoms with Crippen LogP contribution in [-0.4, -0.2) is 29.0 Å². The average Bonchev–Trinajstić information content (AvgIpc) is 3.01. The third-order valence-electron chi connectivity index (χ3n) is 5.34. The van der Waals surface area contributed by atoms with E-state index in [2.05, 4.69) is 27.1 Å². The van der Waals surface area contributed by atoms with Crippen LogP contribution in [0.25, 0.3) is 10.2 Å². The molecule has 1 N–H and O–H groups in total. The first kappa shape index (κ1) is 18.8. The number of nitrogens with zero attached hydrogens (tertiary/aromatic N) is 3. The van der Waals surface area contributed by atoms with E-state index in [1.807, 2.05) is 6.92 Å². The minimum Gasteiger partial charge on any atom is -0.356 e. The van der Waals surface area contributed by atoms with Crippen molar-refractivity contribution in [3.05, 3.63) is 46.3 Å². The first-order valence-electron chi connectivity index (χ1n) is 9.51. The zero-order valence-corrected chi connectivity index (χ0v) is 17.1. The number of thiophene rings is 1. The van der Waals surface area contributed by atoms with E-state index in [1.54, 1.807) is 25.4 Å². The highest BCUT2D eigenvalue weighted by Crippen LogP contribution is 2.37. The Labute approximate surface area is 167 Å². The molecular weight excluding hydrogens is 375 g/mol. The lowest BCUT2D eigenvalue weighted by atomic mass is 10.00. The van der Waals surface area contributed by atoms with Crippen molar-refractivity contribution in [2.75, 3.05) is 23.3 Å². The van der Waals surface area contributed by atoms with Gasteiger partial charge in [-0.3, -0.25) is 4.79 Å². The van der Waals surface area contributed by atoms with Crippen LogP contribution in [0.15, 0.2) is 24.5 Å². The molecule has 1 amide bonds. The number of anilines is 2. The van der Waals surface area contributed by atoms with Crippen LogP contribution in [0.5, 0.6) is 0 Å². The third-order valence-corrected chi connectivity index (χ3v) is 6.36. The molecule has 2 aromatic heterocycles. The summed E-state index contributed by atoms with van der Waals surface area (Å²) < 4.78 is 13.9. The molecule has 1 saturated heterocycles. The predicted octanol–water partition coefficient (Wildman–Crippen LogP) is 4.94. The summed E-state index contributed by atoms with van der Waals surface area (Å²) in [5.41, 5.74) is 1.49. The van der Waals surface area contributed by atoms with Gasteiger partial charge in [-0.2, -0.15) is 0 Å². The van der Waals surface area contributed by atoms with Crippen molar-refractivity contribution in [1.82, 2.24) is 9.97 Å². The number of amides is 1. The van der Waals surface area contributed by atoms with E-state index in [0.29, 0.717) is 22.7 Å². The molecule has 1 unspecified atom stereocenters. The number of hydrogen-bond acceptors (Lipinski definition) is 5. The molecule has 28 heavy (non-hydrogen) atoms. The highest BCUT2D eigenvalue weighted by atomic mass is 32.1. The monoisotopic (exact) mass is 398 g/mol. The Balaban J connectivity index is 1.77. The number of rotatable bonds is 3. The van der Waals surface area contributed by atoms with Gasteiger partial charge in [-0.15, -0.1) is 11.3 Å². The zero-order valence-electron chi connectivity index (χ0n) is 16.3. The second-order valence-corrected chi connectivity index (χ2v) is 8.67. The standard InChI is InChI=1S/C21H23FN4OS/c1-12-6-5-9-26(10-12)19-18-17(14(3)28-21(18)24-11-23-19)20(27)25-16-8-4-7-15(22)13(16)2/h4,7-8,11-12H,5-6,9-10H2,1-3H3,(H,25,27). The molecule has 3 aromatic rings. The summed E-state index contributed by atoms with van der Waals surface area (Å²) in [5, 5.41) is 3.68. The summed E-state index contributed by atoms with van der Waals surface area (Å²) in [6, 6.07) is 4.70. The Hall–Kier alpha value is -2.54. The largest absolute Gasteiger partial charge is 0.356 e. The van der Waals surface area contributed by atoms with Crippen LogP contribution in [0, 0.1) is 25.6 Å². The van der Waals surface area contributed by atoms with Crippen LogP contribution in [-0.2, 0) is 0 Å². The zero-order chi connectivity index (χ0) is 19.8. The van der Waals surface area contributed by atoms with Crippen LogP contribution >= 0.6 is 11.3 Å². The Morgan fingerprint density at radius 2 is 2.14 bits per heavy atom. The Kier molecular flexibility index (Phi) is 5.02. The first-order chi connectivity index (χ1) is 13.5. The van der Waals surface area contributed by atoms with Crippen molar-refractivity contribution in [2.24, 2.45) is 5.92 Å². The molecular formula is C21H23FN4OS. The lowest BCUT2D eigenvalue weighted by molar-refractivity contribution is 0.102. The highest BCUT2D eigenvalue weighted by molar-refractivity contribution is 7.19. The second-order valence-electron chi connectivity index (χ2n) is 7.47. The molecule has 1 atom stereocenters.